The number of carbonyl (C=O) groups excluding carboxylic acids is 2. The van der Waals surface area contributed by atoms with Crippen LogP contribution in [0.1, 0.15) is 6.92 Å². The molecule has 0 atom stereocenters. The molecule has 2 aliphatic heterocycles. The largest absolute Gasteiger partial charge is 0.481 e. The highest BCUT2D eigenvalue weighted by molar-refractivity contribution is 5.85. The van der Waals surface area contributed by atoms with Gasteiger partial charge in [0.1, 0.15) is 0 Å². The van der Waals surface area contributed by atoms with Gasteiger partial charge in [-0.1, -0.05) is 19.1 Å². The molecule has 0 bridgehead atoms. The van der Waals surface area contributed by atoms with Gasteiger partial charge in [-0.2, -0.15) is 0 Å². The average Bonchev–Trinajstić information content (AvgIpc) is 2.59. The van der Waals surface area contributed by atoms with Gasteiger partial charge in [-0.3, -0.25) is 9.59 Å². The molecule has 0 spiro atoms. The maximum atomic E-state index is 13.5. The molecule has 2 saturated heterocycles. The summed E-state index contributed by atoms with van der Waals surface area (Å²) in [6, 6.07) is 5.99. The summed E-state index contributed by atoms with van der Waals surface area (Å²) < 4.78 is 18.7. The molecule has 0 radical (unpaired) electrons. The van der Waals surface area contributed by atoms with Crippen LogP contribution in [0.4, 0.5) is 4.39 Å². The van der Waals surface area contributed by atoms with Crippen LogP contribution < -0.4 is 4.74 Å². The highest BCUT2D eigenvalue weighted by Crippen LogP contribution is 2.20. The van der Waals surface area contributed by atoms with Crippen molar-refractivity contribution in [1.29, 1.82) is 0 Å². The van der Waals surface area contributed by atoms with Gasteiger partial charge in [0, 0.05) is 39.3 Å². The Bertz CT molecular complexity index is 626. The topological polar surface area (TPSA) is 53.1 Å². The number of piperazine rings is 1. The Morgan fingerprint density at radius 1 is 1.12 bits per heavy atom. The number of likely N-dealkylation sites (tertiary alicyclic amines) is 1. The van der Waals surface area contributed by atoms with Gasteiger partial charge >= 0.3 is 0 Å². The molecule has 1 aromatic carbocycles. The predicted octanol–water partition coefficient (Wildman–Crippen LogP) is 0.827. The summed E-state index contributed by atoms with van der Waals surface area (Å²) in [6.07, 6.45) is 0. The molecular weight excluding hydrogens is 325 g/mol. The second-order valence-electron chi connectivity index (χ2n) is 6.47. The van der Waals surface area contributed by atoms with E-state index in [9.17, 15) is 14.0 Å². The van der Waals surface area contributed by atoms with Gasteiger partial charge in [0.05, 0.1) is 5.92 Å². The molecular formula is C18H24FN3O3. The molecule has 2 fully saturated rings. The fourth-order valence-electron chi connectivity index (χ4n) is 3.17. The van der Waals surface area contributed by atoms with Crippen molar-refractivity contribution >= 4 is 11.8 Å². The molecule has 1 aromatic rings. The number of amides is 2. The SMILES string of the molecule is CCN1CCN(C(=O)C2CN(C(=O)COc3ccccc3F)C2)CC1. The summed E-state index contributed by atoms with van der Waals surface area (Å²) in [4.78, 5) is 30.3. The molecule has 25 heavy (non-hydrogen) atoms. The molecule has 0 aromatic heterocycles. The first-order valence-electron chi connectivity index (χ1n) is 8.74. The van der Waals surface area contributed by atoms with Gasteiger partial charge in [-0.25, -0.2) is 4.39 Å². The molecule has 6 nitrogen and oxygen atoms in total. The molecule has 2 heterocycles. The molecule has 0 saturated carbocycles. The van der Waals surface area contributed by atoms with E-state index in [1.807, 2.05) is 4.90 Å². The number of carbonyl (C=O) groups is 2. The quantitative estimate of drug-likeness (QED) is 0.790. The highest BCUT2D eigenvalue weighted by atomic mass is 19.1. The van der Waals surface area contributed by atoms with Crippen molar-refractivity contribution in [3.05, 3.63) is 30.1 Å². The van der Waals surface area contributed by atoms with Crippen molar-refractivity contribution < 1.29 is 18.7 Å². The second-order valence-corrected chi connectivity index (χ2v) is 6.47. The number of hydrogen-bond acceptors (Lipinski definition) is 4. The van der Waals surface area contributed by atoms with Crippen molar-refractivity contribution in [2.75, 3.05) is 52.4 Å². The lowest BCUT2D eigenvalue weighted by Gasteiger charge is -2.42. The number of likely N-dealkylation sites (N-methyl/N-ethyl adjacent to an activating group) is 1. The van der Waals surface area contributed by atoms with Gasteiger partial charge in [0.15, 0.2) is 18.2 Å². The summed E-state index contributed by atoms with van der Waals surface area (Å²) in [7, 11) is 0. The van der Waals surface area contributed by atoms with Gasteiger partial charge in [0.2, 0.25) is 5.91 Å². The Kier molecular flexibility index (Phi) is 5.53. The average molecular weight is 349 g/mol. The predicted molar refractivity (Wildman–Crippen MR) is 90.7 cm³/mol. The van der Waals surface area contributed by atoms with E-state index in [1.54, 1.807) is 17.0 Å². The number of rotatable bonds is 5. The smallest absolute Gasteiger partial charge is 0.260 e. The highest BCUT2D eigenvalue weighted by Gasteiger charge is 2.38. The van der Waals surface area contributed by atoms with Crippen LogP contribution in [-0.4, -0.2) is 78.9 Å². The van der Waals surface area contributed by atoms with Crippen LogP contribution in [0.3, 0.4) is 0 Å². The van der Waals surface area contributed by atoms with Crippen LogP contribution in [0, 0.1) is 11.7 Å². The number of halogens is 1. The van der Waals surface area contributed by atoms with E-state index >= 15 is 0 Å². The molecule has 2 amide bonds. The van der Waals surface area contributed by atoms with Crippen LogP contribution in [0.15, 0.2) is 24.3 Å². The Hall–Kier alpha value is -2.15. The van der Waals surface area contributed by atoms with E-state index in [4.69, 9.17) is 4.74 Å². The van der Waals surface area contributed by atoms with E-state index in [0.29, 0.717) is 13.1 Å². The number of benzene rings is 1. The minimum Gasteiger partial charge on any atom is -0.481 e. The maximum Gasteiger partial charge on any atom is 0.260 e. The molecule has 0 aliphatic carbocycles. The summed E-state index contributed by atoms with van der Waals surface area (Å²) in [5.74, 6) is -0.625. The number of nitrogens with zero attached hydrogens (tertiary/aromatic N) is 3. The van der Waals surface area contributed by atoms with Gasteiger partial charge in [0.25, 0.3) is 5.91 Å². The van der Waals surface area contributed by atoms with Crippen LogP contribution >= 0.6 is 0 Å². The summed E-state index contributed by atoms with van der Waals surface area (Å²) in [5.41, 5.74) is 0. The molecule has 136 valence electrons. The van der Waals surface area contributed by atoms with Crippen LogP contribution in [0.5, 0.6) is 5.75 Å². The van der Waals surface area contributed by atoms with Crippen LogP contribution in [0.2, 0.25) is 0 Å². The lowest BCUT2D eigenvalue weighted by Crippen LogP contribution is -2.59. The van der Waals surface area contributed by atoms with Gasteiger partial charge in [-0.15, -0.1) is 0 Å². The van der Waals surface area contributed by atoms with E-state index < -0.39 is 5.82 Å². The number of ether oxygens (including phenoxy) is 1. The van der Waals surface area contributed by atoms with Crippen molar-refractivity contribution in [2.45, 2.75) is 6.92 Å². The second kappa shape index (κ2) is 7.82. The minimum atomic E-state index is -0.488. The zero-order chi connectivity index (χ0) is 17.8. The fourth-order valence-corrected chi connectivity index (χ4v) is 3.17. The third-order valence-electron chi connectivity index (χ3n) is 4.90. The molecule has 2 aliphatic rings. The van der Waals surface area contributed by atoms with E-state index in [0.717, 1.165) is 32.7 Å². The first-order chi connectivity index (χ1) is 12.1. The van der Waals surface area contributed by atoms with Crippen molar-refractivity contribution in [1.82, 2.24) is 14.7 Å². The van der Waals surface area contributed by atoms with Crippen LogP contribution in [0.25, 0.3) is 0 Å². The standard InChI is InChI=1S/C18H24FN3O3/c1-2-20-7-9-21(10-8-20)18(24)14-11-22(12-14)17(23)13-25-16-6-4-3-5-15(16)19/h3-6,14H,2,7-13H2,1H3. The Labute approximate surface area is 147 Å². The Morgan fingerprint density at radius 2 is 1.80 bits per heavy atom. The number of para-hydroxylation sites is 1. The molecule has 0 N–H and O–H groups in total. The lowest BCUT2D eigenvalue weighted by atomic mass is 9.98. The monoisotopic (exact) mass is 349 g/mol. The molecule has 3 rings (SSSR count). The minimum absolute atomic E-state index is 0.0674. The Morgan fingerprint density at radius 3 is 2.44 bits per heavy atom. The van der Waals surface area contributed by atoms with E-state index in [2.05, 4.69) is 11.8 Å². The lowest BCUT2D eigenvalue weighted by molar-refractivity contribution is -0.150. The maximum absolute atomic E-state index is 13.5. The van der Waals surface area contributed by atoms with Gasteiger partial charge < -0.3 is 19.4 Å². The van der Waals surface area contributed by atoms with E-state index in [1.165, 1.54) is 12.1 Å². The van der Waals surface area contributed by atoms with Crippen molar-refractivity contribution in [3.8, 4) is 5.75 Å². The summed E-state index contributed by atoms with van der Waals surface area (Å²) >= 11 is 0. The number of hydrogen-bond donors (Lipinski definition) is 0. The van der Waals surface area contributed by atoms with Crippen molar-refractivity contribution in [3.63, 3.8) is 0 Å². The summed E-state index contributed by atoms with van der Waals surface area (Å²) in [5, 5.41) is 0. The molecule has 7 heteroatoms. The summed E-state index contributed by atoms with van der Waals surface area (Å²) in [6.45, 7) is 7.10. The van der Waals surface area contributed by atoms with Crippen LogP contribution in [-0.2, 0) is 9.59 Å². The first kappa shape index (κ1) is 17.7. The third-order valence-corrected chi connectivity index (χ3v) is 4.90. The third kappa shape index (κ3) is 4.10. The zero-order valence-electron chi connectivity index (χ0n) is 14.5. The fraction of sp³-hybridized carbons (Fsp3) is 0.556. The zero-order valence-corrected chi connectivity index (χ0v) is 14.5. The van der Waals surface area contributed by atoms with E-state index in [-0.39, 0.29) is 30.1 Å². The normalized spacial score (nSPS) is 18.8. The first-order valence-corrected chi connectivity index (χ1v) is 8.74. The van der Waals surface area contributed by atoms with Crippen molar-refractivity contribution in [2.24, 2.45) is 5.92 Å². The van der Waals surface area contributed by atoms with Gasteiger partial charge in [-0.05, 0) is 18.7 Å². The molecule has 0 unspecified atom stereocenters. The Balaban J connectivity index is 1.40.